The molecule has 0 aliphatic heterocycles. The molecule has 0 aromatic heterocycles. The van der Waals surface area contributed by atoms with E-state index in [0.717, 1.165) is 53.9 Å². The Hall–Kier alpha value is -4.46. The summed E-state index contributed by atoms with van der Waals surface area (Å²) in [5, 5.41) is 8.12. The van der Waals surface area contributed by atoms with Crippen LogP contribution in [0, 0.1) is 5.92 Å². The molecule has 40 heavy (non-hydrogen) atoms. The second-order valence-corrected chi connectivity index (χ2v) is 9.25. The fourth-order valence-corrected chi connectivity index (χ4v) is 3.62. The van der Waals surface area contributed by atoms with Crippen LogP contribution in [0.25, 0.3) is 0 Å². The molecule has 3 rings (SSSR count). The SMILES string of the molecule is CCCCOc1ccc(C=NNC(=O)C(Cc2ccccc2)C(=O)NN=Cc2ccc(OCCCC)cc2)cc1. The topological polar surface area (TPSA) is 101 Å². The van der Waals surface area contributed by atoms with Crippen molar-refractivity contribution >= 4 is 24.2 Å². The first kappa shape index (κ1) is 30.1. The Kier molecular flexibility index (Phi) is 12.9. The van der Waals surface area contributed by atoms with Crippen LogP contribution in [0.15, 0.2) is 89.1 Å². The highest BCUT2D eigenvalue weighted by atomic mass is 16.5. The highest BCUT2D eigenvalue weighted by Crippen LogP contribution is 2.13. The van der Waals surface area contributed by atoms with Gasteiger partial charge in [-0.25, -0.2) is 10.9 Å². The summed E-state index contributed by atoms with van der Waals surface area (Å²) < 4.78 is 11.3. The van der Waals surface area contributed by atoms with Crippen molar-refractivity contribution in [1.29, 1.82) is 0 Å². The van der Waals surface area contributed by atoms with Crippen LogP contribution in [0.3, 0.4) is 0 Å². The Morgan fingerprint density at radius 1 is 0.700 bits per heavy atom. The summed E-state index contributed by atoms with van der Waals surface area (Å²) in [6.45, 7) is 5.58. The fraction of sp³-hybridized carbons (Fsp3) is 0.312. The molecule has 0 atom stereocenters. The Morgan fingerprint density at radius 3 is 1.57 bits per heavy atom. The van der Waals surface area contributed by atoms with Crippen molar-refractivity contribution in [3.63, 3.8) is 0 Å². The predicted molar refractivity (Wildman–Crippen MR) is 159 cm³/mol. The number of carbonyl (C=O) groups is 2. The first-order valence-electron chi connectivity index (χ1n) is 13.7. The van der Waals surface area contributed by atoms with Crippen LogP contribution >= 0.6 is 0 Å². The zero-order valence-corrected chi connectivity index (χ0v) is 23.2. The van der Waals surface area contributed by atoms with Gasteiger partial charge in [-0.2, -0.15) is 10.2 Å². The van der Waals surface area contributed by atoms with Crippen molar-refractivity contribution < 1.29 is 19.1 Å². The summed E-state index contributed by atoms with van der Waals surface area (Å²) in [5.41, 5.74) is 7.42. The van der Waals surface area contributed by atoms with Crippen LogP contribution in [0.5, 0.6) is 11.5 Å². The van der Waals surface area contributed by atoms with Crippen molar-refractivity contribution in [3.05, 3.63) is 95.6 Å². The largest absolute Gasteiger partial charge is 0.494 e. The number of unbranched alkanes of at least 4 members (excludes halogenated alkanes) is 2. The van der Waals surface area contributed by atoms with Gasteiger partial charge in [0.2, 0.25) is 0 Å². The van der Waals surface area contributed by atoms with Crippen molar-refractivity contribution in [2.75, 3.05) is 13.2 Å². The molecule has 3 aromatic rings. The van der Waals surface area contributed by atoms with Gasteiger partial charge in [0.1, 0.15) is 17.4 Å². The zero-order chi connectivity index (χ0) is 28.4. The Bertz CT molecular complexity index is 1150. The number of nitrogens with zero attached hydrogens (tertiary/aromatic N) is 2. The smallest absolute Gasteiger partial charge is 0.253 e. The Balaban J connectivity index is 1.58. The van der Waals surface area contributed by atoms with E-state index in [1.165, 1.54) is 12.4 Å². The molecular formula is C32H38N4O4. The van der Waals surface area contributed by atoms with Crippen molar-refractivity contribution in [2.24, 2.45) is 16.1 Å². The van der Waals surface area contributed by atoms with Gasteiger partial charge in [0.25, 0.3) is 11.8 Å². The third kappa shape index (κ3) is 10.7. The molecule has 0 unspecified atom stereocenters. The number of amides is 2. The number of hydrogen-bond donors (Lipinski definition) is 2. The van der Waals surface area contributed by atoms with E-state index in [-0.39, 0.29) is 6.42 Å². The van der Waals surface area contributed by atoms with Crippen molar-refractivity contribution in [1.82, 2.24) is 10.9 Å². The highest BCUT2D eigenvalue weighted by Gasteiger charge is 2.26. The van der Waals surface area contributed by atoms with Crippen LogP contribution in [0.4, 0.5) is 0 Å². The number of carbonyl (C=O) groups excluding carboxylic acids is 2. The van der Waals surface area contributed by atoms with Gasteiger partial charge in [-0.05, 0) is 84.5 Å². The molecule has 0 heterocycles. The van der Waals surface area contributed by atoms with E-state index in [1.54, 1.807) is 0 Å². The molecule has 3 aromatic carbocycles. The standard InChI is InChI=1S/C32H38N4O4/c1-3-5-20-39-28-16-12-26(13-17-28)23-33-35-31(37)30(22-25-10-8-7-9-11-25)32(38)36-34-24-27-14-18-29(19-15-27)40-21-6-4-2/h7-19,23-24,30H,3-6,20-22H2,1-2H3,(H,35,37)(H,36,38). The van der Waals surface area contributed by atoms with E-state index in [1.807, 2.05) is 78.9 Å². The summed E-state index contributed by atoms with van der Waals surface area (Å²) in [6, 6.07) is 24.2. The van der Waals surface area contributed by atoms with E-state index in [4.69, 9.17) is 9.47 Å². The monoisotopic (exact) mass is 542 g/mol. The molecular weight excluding hydrogens is 504 g/mol. The lowest BCUT2D eigenvalue weighted by Crippen LogP contribution is -2.39. The quantitative estimate of drug-likeness (QED) is 0.108. The first-order valence-corrected chi connectivity index (χ1v) is 13.7. The lowest BCUT2D eigenvalue weighted by molar-refractivity contribution is -0.135. The highest BCUT2D eigenvalue weighted by molar-refractivity contribution is 6.01. The normalized spacial score (nSPS) is 11.8. The van der Waals surface area contributed by atoms with E-state index in [2.05, 4.69) is 34.9 Å². The lowest BCUT2D eigenvalue weighted by Gasteiger charge is -2.13. The Labute approximate surface area is 236 Å². The van der Waals surface area contributed by atoms with Gasteiger partial charge < -0.3 is 9.47 Å². The van der Waals surface area contributed by atoms with Gasteiger partial charge in [-0.3, -0.25) is 9.59 Å². The fourth-order valence-electron chi connectivity index (χ4n) is 3.62. The first-order chi connectivity index (χ1) is 19.6. The summed E-state index contributed by atoms with van der Waals surface area (Å²) in [4.78, 5) is 26.0. The number of nitrogens with one attached hydrogen (secondary N) is 2. The summed E-state index contributed by atoms with van der Waals surface area (Å²) in [6.07, 6.45) is 7.40. The molecule has 0 saturated heterocycles. The van der Waals surface area contributed by atoms with Crippen molar-refractivity contribution in [2.45, 2.75) is 46.0 Å². The third-order valence-corrected chi connectivity index (χ3v) is 5.99. The third-order valence-electron chi connectivity index (χ3n) is 5.99. The lowest BCUT2D eigenvalue weighted by atomic mass is 9.98. The second kappa shape index (κ2) is 17.2. The average Bonchev–Trinajstić information content (AvgIpc) is 2.98. The van der Waals surface area contributed by atoms with Gasteiger partial charge in [0.05, 0.1) is 25.6 Å². The summed E-state index contributed by atoms with van der Waals surface area (Å²) >= 11 is 0. The van der Waals surface area contributed by atoms with Gasteiger partial charge in [0, 0.05) is 0 Å². The van der Waals surface area contributed by atoms with Crippen LogP contribution in [0.2, 0.25) is 0 Å². The molecule has 0 fully saturated rings. The minimum atomic E-state index is -1.03. The second-order valence-electron chi connectivity index (χ2n) is 9.25. The van der Waals surface area contributed by atoms with Gasteiger partial charge in [0.15, 0.2) is 0 Å². The molecule has 2 N–H and O–H groups in total. The van der Waals surface area contributed by atoms with Gasteiger partial charge >= 0.3 is 0 Å². The number of hydrazone groups is 2. The molecule has 0 aliphatic rings. The molecule has 2 amide bonds. The zero-order valence-electron chi connectivity index (χ0n) is 23.2. The number of ether oxygens (including phenoxy) is 2. The Morgan fingerprint density at radius 2 is 1.15 bits per heavy atom. The molecule has 210 valence electrons. The van der Waals surface area contributed by atoms with E-state index >= 15 is 0 Å². The van der Waals surface area contributed by atoms with E-state index < -0.39 is 17.7 Å². The summed E-state index contributed by atoms with van der Waals surface area (Å²) in [5.74, 6) is -0.515. The van der Waals surface area contributed by atoms with Crippen LogP contribution < -0.4 is 20.3 Å². The minimum absolute atomic E-state index is 0.205. The average molecular weight is 543 g/mol. The van der Waals surface area contributed by atoms with Crippen LogP contribution in [-0.4, -0.2) is 37.5 Å². The maximum absolute atomic E-state index is 13.0. The maximum atomic E-state index is 13.0. The van der Waals surface area contributed by atoms with E-state index in [9.17, 15) is 9.59 Å². The molecule has 0 saturated carbocycles. The molecule has 0 spiro atoms. The summed E-state index contributed by atoms with van der Waals surface area (Å²) in [7, 11) is 0. The van der Waals surface area contributed by atoms with E-state index in [0.29, 0.717) is 13.2 Å². The minimum Gasteiger partial charge on any atom is -0.494 e. The van der Waals surface area contributed by atoms with Crippen molar-refractivity contribution in [3.8, 4) is 11.5 Å². The number of rotatable bonds is 16. The number of hydrogen-bond acceptors (Lipinski definition) is 6. The predicted octanol–water partition coefficient (Wildman–Crippen LogP) is 5.50. The number of benzene rings is 3. The molecule has 0 radical (unpaired) electrons. The maximum Gasteiger partial charge on any atom is 0.253 e. The molecule has 0 aliphatic carbocycles. The van der Waals surface area contributed by atoms with Gasteiger partial charge in [-0.15, -0.1) is 0 Å². The molecule has 8 heteroatoms. The van der Waals surface area contributed by atoms with Gasteiger partial charge in [-0.1, -0.05) is 57.0 Å². The molecule has 0 bridgehead atoms. The molecule has 8 nitrogen and oxygen atoms in total. The van der Waals surface area contributed by atoms with Crippen LogP contribution in [0.1, 0.15) is 56.2 Å². The van der Waals surface area contributed by atoms with Crippen LogP contribution in [-0.2, 0) is 16.0 Å².